The molecule has 2 aromatic rings. The van der Waals surface area contributed by atoms with Gasteiger partial charge < -0.3 is 9.47 Å². The smallest absolute Gasteiger partial charge is 0.412 e. The van der Waals surface area contributed by atoms with Gasteiger partial charge in [0.25, 0.3) is 0 Å². The van der Waals surface area contributed by atoms with Gasteiger partial charge in [-0.15, -0.1) is 0 Å². The second-order valence-corrected chi connectivity index (χ2v) is 5.52. The van der Waals surface area contributed by atoms with Gasteiger partial charge in [-0.1, -0.05) is 30.4 Å². The Hall–Kier alpha value is -3.02. The molecule has 0 unspecified atom stereocenters. The Morgan fingerprint density at radius 2 is 1.77 bits per heavy atom. The molecule has 3 rings (SSSR count). The lowest BCUT2D eigenvalue weighted by Crippen LogP contribution is -2.10. The molecule has 1 aromatic heterocycles. The highest BCUT2D eigenvalue weighted by Crippen LogP contribution is 2.36. The lowest BCUT2D eigenvalue weighted by Gasteiger charge is -2.13. The number of rotatable bonds is 4. The number of pyridine rings is 1. The molecule has 1 aliphatic rings. The van der Waals surface area contributed by atoms with Crippen LogP contribution < -0.4 is 9.47 Å². The van der Waals surface area contributed by atoms with Crippen LogP contribution in [0.2, 0.25) is 0 Å². The first-order valence-corrected chi connectivity index (χ1v) is 7.90. The molecular formula is C20H16F3NO2. The highest BCUT2D eigenvalue weighted by atomic mass is 19.4. The maximum atomic E-state index is 12.8. The summed E-state index contributed by atoms with van der Waals surface area (Å²) >= 11 is 0. The van der Waals surface area contributed by atoms with Crippen molar-refractivity contribution in [3.63, 3.8) is 0 Å². The van der Waals surface area contributed by atoms with Crippen LogP contribution in [0.15, 0.2) is 78.2 Å². The van der Waals surface area contributed by atoms with Crippen molar-refractivity contribution >= 4 is 0 Å². The van der Waals surface area contributed by atoms with Crippen molar-refractivity contribution in [2.75, 3.05) is 7.11 Å². The Morgan fingerprint density at radius 3 is 2.54 bits per heavy atom. The van der Waals surface area contributed by atoms with Crippen molar-refractivity contribution in [1.29, 1.82) is 0 Å². The second-order valence-electron chi connectivity index (χ2n) is 5.52. The number of hydrogen-bond acceptors (Lipinski definition) is 3. The average Bonchev–Trinajstić information content (AvgIpc) is 2.88. The van der Waals surface area contributed by atoms with Crippen LogP contribution in [0.4, 0.5) is 13.2 Å². The molecule has 0 aliphatic heterocycles. The summed E-state index contributed by atoms with van der Waals surface area (Å²) in [5, 5.41) is 0. The number of benzene rings is 1. The fourth-order valence-electron chi connectivity index (χ4n) is 2.54. The first kappa shape index (κ1) is 17.8. The Balaban J connectivity index is 1.95. The van der Waals surface area contributed by atoms with E-state index in [1.165, 1.54) is 18.2 Å². The number of allylic oxidation sites excluding steroid dienone is 5. The first-order valence-electron chi connectivity index (χ1n) is 7.90. The Morgan fingerprint density at radius 1 is 1.00 bits per heavy atom. The van der Waals surface area contributed by atoms with E-state index >= 15 is 0 Å². The molecular weight excluding hydrogens is 343 g/mol. The molecule has 1 heterocycles. The largest absolute Gasteiger partial charge is 0.496 e. The minimum Gasteiger partial charge on any atom is -0.496 e. The topological polar surface area (TPSA) is 31.4 Å². The normalized spacial score (nSPS) is 14.3. The summed E-state index contributed by atoms with van der Waals surface area (Å²) in [6.07, 6.45) is 2.26. The fourth-order valence-corrected chi connectivity index (χ4v) is 2.54. The number of aromatic nitrogens is 1. The van der Waals surface area contributed by atoms with Crippen molar-refractivity contribution in [2.45, 2.75) is 12.6 Å². The minimum atomic E-state index is -4.36. The molecule has 0 bridgehead atoms. The molecule has 0 radical (unpaired) electrons. The number of ether oxygens (including phenoxy) is 2. The van der Waals surface area contributed by atoms with E-state index in [1.54, 1.807) is 19.4 Å². The van der Waals surface area contributed by atoms with Crippen LogP contribution in [-0.2, 0) is 0 Å². The molecule has 134 valence electrons. The standard InChI is InChI=1S/C20H16F3NO2/c1-25-18-10-3-2-8-16(18)17-9-5-13-24-19(17)26-15-7-4-6-14(11-12-15)20(21,22)23/h2-5,7-13H,6H2,1H3. The molecule has 0 saturated carbocycles. The summed E-state index contributed by atoms with van der Waals surface area (Å²) in [4.78, 5) is 4.23. The molecule has 0 amide bonds. The maximum absolute atomic E-state index is 12.8. The predicted octanol–water partition coefficient (Wildman–Crippen LogP) is 5.47. The third-order valence-electron chi connectivity index (χ3n) is 3.82. The summed E-state index contributed by atoms with van der Waals surface area (Å²) < 4.78 is 49.7. The van der Waals surface area contributed by atoms with Crippen LogP contribution in [0.25, 0.3) is 11.1 Å². The van der Waals surface area contributed by atoms with E-state index in [0.717, 1.165) is 11.6 Å². The summed E-state index contributed by atoms with van der Waals surface area (Å²) in [5.41, 5.74) is 0.838. The van der Waals surface area contributed by atoms with Crippen LogP contribution in [0.5, 0.6) is 11.6 Å². The van der Waals surface area contributed by atoms with E-state index in [2.05, 4.69) is 4.98 Å². The van der Waals surface area contributed by atoms with Gasteiger partial charge in [0.15, 0.2) is 0 Å². The molecule has 3 nitrogen and oxygen atoms in total. The van der Waals surface area contributed by atoms with Crippen molar-refractivity contribution in [2.24, 2.45) is 0 Å². The van der Waals surface area contributed by atoms with Gasteiger partial charge in [0.05, 0.1) is 7.11 Å². The zero-order chi connectivity index (χ0) is 18.6. The van der Waals surface area contributed by atoms with Gasteiger partial charge in [-0.2, -0.15) is 13.2 Å². The summed E-state index contributed by atoms with van der Waals surface area (Å²) in [6.45, 7) is 0. The molecule has 0 fully saturated rings. The third kappa shape index (κ3) is 3.96. The highest BCUT2D eigenvalue weighted by molar-refractivity contribution is 5.74. The predicted molar refractivity (Wildman–Crippen MR) is 92.8 cm³/mol. The molecule has 0 atom stereocenters. The third-order valence-corrected chi connectivity index (χ3v) is 3.82. The Bertz CT molecular complexity index is 883. The van der Waals surface area contributed by atoms with E-state index in [9.17, 15) is 13.2 Å². The van der Waals surface area contributed by atoms with Crippen molar-refractivity contribution in [1.82, 2.24) is 4.98 Å². The molecule has 0 saturated heterocycles. The summed E-state index contributed by atoms with van der Waals surface area (Å²) in [7, 11) is 1.57. The molecule has 6 heteroatoms. The van der Waals surface area contributed by atoms with Gasteiger partial charge in [-0.3, -0.25) is 0 Å². The summed E-state index contributed by atoms with van der Waals surface area (Å²) in [6, 6.07) is 11.0. The van der Waals surface area contributed by atoms with Gasteiger partial charge in [0.1, 0.15) is 11.5 Å². The zero-order valence-corrected chi connectivity index (χ0v) is 14.0. The lowest BCUT2D eigenvalue weighted by atomic mass is 10.1. The lowest BCUT2D eigenvalue weighted by molar-refractivity contribution is -0.0928. The number of methoxy groups -OCH3 is 1. The van der Waals surface area contributed by atoms with E-state index in [1.807, 2.05) is 30.3 Å². The minimum absolute atomic E-state index is 0.200. The van der Waals surface area contributed by atoms with Crippen molar-refractivity contribution < 1.29 is 22.6 Å². The molecule has 0 N–H and O–H groups in total. The van der Waals surface area contributed by atoms with Gasteiger partial charge >= 0.3 is 6.18 Å². The SMILES string of the molecule is COc1ccccc1-c1cccnc1OC1=CC=C(C(F)(F)F)CC=C1. The number of hydrogen-bond donors (Lipinski definition) is 0. The van der Waals surface area contributed by atoms with E-state index < -0.39 is 11.7 Å². The van der Waals surface area contributed by atoms with E-state index in [4.69, 9.17) is 9.47 Å². The molecule has 0 spiro atoms. The second kappa shape index (κ2) is 7.47. The van der Waals surface area contributed by atoms with Crippen LogP contribution in [0.1, 0.15) is 6.42 Å². The van der Waals surface area contributed by atoms with Crippen LogP contribution in [-0.4, -0.2) is 18.3 Å². The average molecular weight is 359 g/mol. The zero-order valence-electron chi connectivity index (χ0n) is 14.0. The van der Waals surface area contributed by atoms with Gasteiger partial charge in [-0.05, 0) is 36.8 Å². The quantitative estimate of drug-likeness (QED) is 0.725. The molecule has 26 heavy (non-hydrogen) atoms. The summed E-state index contributed by atoms with van der Waals surface area (Å²) in [5.74, 6) is 1.21. The van der Waals surface area contributed by atoms with Crippen molar-refractivity contribution in [3.8, 4) is 22.8 Å². The fraction of sp³-hybridized carbons (Fsp3) is 0.150. The maximum Gasteiger partial charge on any atom is 0.412 e. The van der Waals surface area contributed by atoms with Gasteiger partial charge in [-0.25, -0.2) is 4.98 Å². The van der Waals surface area contributed by atoms with Gasteiger partial charge in [0, 0.05) is 22.9 Å². The highest BCUT2D eigenvalue weighted by Gasteiger charge is 2.32. The van der Waals surface area contributed by atoms with Crippen LogP contribution in [0.3, 0.4) is 0 Å². The van der Waals surface area contributed by atoms with Crippen molar-refractivity contribution in [3.05, 3.63) is 78.2 Å². The number of halogens is 3. The monoisotopic (exact) mass is 359 g/mol. The van der Waals surface area contributed by atoms with E-state index in [0.29, 0.717) is 11.3 Å². The number of alkyl halides is 3. The first-order chi connectivity index (χ1) is 12.5. The van der Waals surface area contributed by atoms with E-state index in [-0.39, 0.29) is 18.1 Å². The Labute approximate surface area is 149 Å². The van der Waals surface area contributed by atoms with Gasteiger partial charge in [0.2, 0.25) is 5.88 Å². The Kier molecular flexibility index (Phi) is 5.11. The number of nitrogens with zero attached hydrogens (tertiary/aromatic N) is 1. The van der Waals surface area contributed by atoms with Crippen LogP contribution >= 0.6 is 0 Å². The van der Waals surface area contributed by atoms with Crippen LogP contribution in [0, 0.1) is 0 Å². The molecule has 1 aliphatic carbocycles. The number of para-hydroxylation sites is 1. The molecule has 1 aromatic carbocycles.